The van der Waals surface area contributed by atoms with Gasteiger partial charge >= 0.3 is 0 Å². The van der Waals surface area contributed by atoms with Crippen LogP contribution in [0, 0.1) is 62.3 Å². The Kier molecular flexibility index (Phi) is 29.9. The first-order valence-electron chi connectivity index (χ1n) is 47.2. The molecule has 12 aromatic carbocycles. The predicted molar refractivity (Wildman–Crippen MR) is 571 cm³/mol. The Labute approximate surface area is 843 Å². The second kappa shape index (κ2) is 44.8. The maximum Gasteiger partial charge on any atom is 0.295 e. The Morgan fingerprint density at radius 1 is 0.315 bits per heavy atom. The van der Waals surface area contributed by atoms with Crippen LogP contribution in [0.2, 0.25) is 0 Å². The number of furan rings is 2. The van der Waals surface area contributed by atoms with Gasteiger partial charge in [-0.2, -0.15) is 30.6 Å². The van der Waals surface area contributed by atoms with E-state index in [1.54, 1.807) is 31.5 Å². The molecule has 11 heterocycles. The summed E-state index contributed by atoms with van der Waals surface area (Å²) in [6.45, 7) is 21.7. The van der Waals surface area contributed by atoms with E-state index in [0.29, 0.717) is 101 Å². The van der Waals surface area contributed by atoms with Crippen molar-refractivity contribution in [2.45, 2.75) is 102 Å². The molecular formula is C115H103N21O9S. The molecular weight excluding hydrogens is 1850 g/mol. The largest absolute Gasteiger partial charge is 0.472 e. The van der Waals surface area contributed by atoms with E-state index in [2.05, 4.69) is 260 Å². The van der Waals surface area contributed by atoms with Crippen molar-refractivity contribution in [2.75, 3.05) is 32.3 Å². The molecule has 0 aliphatic carbocycles. The molecule has 0 unspecified atom stereocenters. The highest BCUT2D eigenvalue weighted by atomic mass is 32.1. The van der Waals surface area contributed by atoms with Gasteiger partial charge in [0.2, 0.25) is 5.76 Å². The Balaban J connectivity index is 0.000000115. The van der Waals surface area contributed by atoms with E-state index < -0.39 is 0 Å². The highest BCUT2D eigenvalue weighted by molar-refractivity contribution is 7.12. The van der Waals surface area contributed by atoms with Gasteiger partial charge in [-0.15, -0.1) is 11.3 Å². The van der Waals surface area contributed by atoms with Crippen LogP contribution in [0.1, 0.15) is 135 Å². The summed E-state index contributed by atoms with van der Waals surface area (Å²) in [5, 5.41) is 54.7. The van der Waals surface area contributed by atoms with Gasteiger partial charge in [-0.3, -0.25) is 52.1 Å². The molecule has 23 aromatic rings. The van der Waals surface area contributed by atoms with Crippen molar-refractivity contribution < 1.29 is 41.9 Å². The second-order valence-corrected chi connectivity index (χ2v) is 36.1. The number of thiazole rings is 1. The third-order valence-corrected chi connectivity index (χ3v) is 25.3. The zero-order valence-corrected chi connectivity index (χ0v) is 82.3. The molecule has 0 aliphatic rings. The number of hydrogen-bond acceptors (Lipinski definition) is 20. The monoisotopic (exact) mass is 1950 g/mol. The third kappa shape index (κ3) is 23.4. The summed E-state index contributed by atoms with van der Waals surface area (Å²) < 4.78 is 31.4. The molecule has 31 heteroatoms. The molecule has 0 saturated heterocycles. The summed E-state index contributed by atoms with van der Waals surface area (Å²) in [4.78, 5) is 66.9. The molecule has 7 N–H and O–H groups in total. The van der Waals surface area contributed by atoms with Crippen molar-refractivity contribution in [3.05, 3.63) is 457 Å². The molecule has 11 aromatic heterocycles. The molecule has 0 fully saturated rings. The molecule has 5 amide bonds. The van der Waals surface area contributed by atoms with Gasteiger partial charge in [0, 0.05) is 38.4 Å². The van der Waals surface area contributed by atoms with Gasteiger partial charge in [0.1, 0.15) is 28.7 Å². The average molecular weight is 1960 g/mol. The van der Waals surface area contributed by atoms with Crippen molar-refractivity contribution in [3.63, 3.8) is 0 Å². The van der Waals surface area contributed by atoms with Crippen LogP contribution in [0.3, 0.4) is 0 Å². The van der Waals surface area contributed by atoms with Crippen LogP contribution in [0.15, 0.2) is 364 Å². The molecule has 0 radical (unpaired) electrons. The summed E-state index contributed by atoms with van der Waals surface area (Å²) in [5.74, 6) is 2.76. The van der Waals surface area contributed by atoms with Gasteiger partial charge in [-0.25, -0.2) is 4.98 Å². The summed E-state index contributed by atoms with van der Waals surface area (Å²) in [7, 11) is 0. The number of nitrogens with zero attached hydrogens (tertiary/aromatic N) is 15. The smallest absolute Gasteiger partial charge is 0.295 e. The SMILES string of the molecule is Cc1ccc(Cn2nc(N)c3ccccc32)cc1.Cc1ccc(Cn2nc(NC(=O)c3ccno3)c3ccccc32)cc1.Cc1ccc(Cn2nc(NC(=O)c3ccoc3)c3ccccc32)cc1.Cc1ccc(Cn2nc(NC(=O)c3ccoc3C)c3ccccc32)cc1.Cc1ccc(Cn2nc(NC(=O)c3conc3C)c3ccccc32)cc1.Cc1ccc(Cn2nc(NC(=O)c3scnc3C)c3ccccc32)cc1. The van der Waals surface area contributed by atoms with E-state index >= 15 is 0 Å². The molecule has 0 bridgehead atoms. The van der Waals surface area contributed by atoms with Crippen molar-refractivity contribution in [1.82, 2.24) is 74.0 Å². The van der Waals surface area contributed by atoms with Crippen LogP contribution in [-0.4, -0.2) is 104 Å². The van der Waals surface area contributed by atoms with Gasteiger partial charge in [-0.1, -0.05) is 262 Å². The quantitative estimate of drug-likeness (QED) is 0.0367. The van der Waals surface area contributed by atoms with E-state index in [1.807, 2.05) is 181 Å². The highest BCUT2D eigenvalue weighted by Gasteiger charge is 2.24. The van der Waals surface area contributed by atoms with Crippen molar-refractivity contribution in [1.29, 1.82) is 0 Å². The van der Waals surface area contributed by atoms with Crippen LogP contribution in [0.25, 0.3) is 65.4 Å². The highest BCUT2D eigenvalue weighted by Crippen LogP contribution is 2.33. The summed E-state index contributed by atoms with van der Waals surface area (Å²) in [6, 6.07) is 102. The maximum absolute atomic E-state index is 12.6. The number of nitrogens with one attached hydrogen (secondary N) is 5. The summed E-state index contributed by atoms with van der Waals surface area (Å²) in [5.41, 5.74) is 30.6. The maximum atomic E-state index is 12.6. The minimum absolute atomic E-state index is 0.150. The number of nitrogen functional groups attached to an aromatic ring is 1. The van der Waals surface area contributed by atoms with E-state index in [0.717, 1.165) is 99.9 Å². The molecule has 0 aliphatic heterocycles. The number of carbonyl (C=O) groups is 5. The molecule has 146 heavy (non-hydrogen) atoms. The Bertz CT molecular complexity index is 7910. The Hall–Kier alpha value is -18.8. The Morgan fingerprint density at radius 2 is 0.630 bits per heavy atom. The number of benzene rings is 12. The van der Waals surface area contributed by atoms with E-state index in [9.17, 15) is 24.0 Å². The van der Waals surface area contributed by atoms with Gasteiger partial charge in [0.15, 0.2) is 34.9 Å². The minimum atomic E-state index is -0.372. The van der Waals surface area contributed by atoms with Crippen LogP contribution in [-0.2, 0) is 39.3 Å². The van der Waals surface area contributed by atoms with E-state index in [1.165, 1.54) is 93.2 Å². The van der Waals surface area contributed by atoms with Gasteiger partial charge in [-0.05, 0) is 181 Å². The lowest BCUT2D eigenvalue weighted by Crippen LogP contribution is -2.13. The molecule has 0 spiro atoms. The normalized spacial score (nSPS) is 11.0. The number of aryl methyl sites for hydroxylation is 9. The number of anilines is 6. The fourth-order valence-corrected chi connectivity index (χ4v) is 17.1. The fraction of sp³-hybridized carbons (Fsp3) is 0.130. The van der Waals surface area contributed by atoms with Crippen molar-refractivity contribution in [3.8, 4) is 0 Å². The molecule has 0 saturated carbocycles. The number of fused-ring (bicyclic) bond motifs is 6. The fourth-order valence-electron chi connectivity index (χ4n) is 16.4. The van der Waals surface area contributed by atoms with Crippen LogP contribution >= 0.6 is 11.3 Å². The van der Waals surface area contributed by atoms with Crippen LogP contribution in [0.5, 0.6) is 0 Å². The number of aromatic nitrogens is 15. The molecule has 23 rings (SSSR count). The first kappa shape index (κ1) is 97.4. The van der Waals surface area contributed by atoms with E-state index in [-0.39, 0.29) is 35.3 Å². The van der Waals surface area contributed by atoms with Crippen molar-refractivity contribution >= 4 is 141 Å². The van der Waals surface area contributed by atoms with Gasteiger partial charge in [0.25, 0.3) is 29.5 Å². The summed E-state index contributed by atoms with van der Waals surface area (Å²) in [6.07, 6.45) is 7.18. The standard InChI is InChI=1S/C21H19N3O2.C20H18N4O2.C20H18N4OS.C20H17N3O2.C19H16N4O2.C15H15N3/c1-14-7-9-16(10-8-14)13-24-19-6-4-3-5-18(19)20(23-24)22-21(25)17-11-12-26-15(17)2;1-13-7-9-15(10-8-13)11-24-18-6-4-3-5-16(18)19(22-24)21-20(25)17-12-26-23-14(17)2;1-13-7-9-15(10-8-13)11-24-17-6-4-3-5-16(17)19(23-24)22-20(25)18-14(2)21-12-26-18;1-14-6-8-15(9-7-14)12-23-18-5-3-2-4-17(18)19(22-23)21-20(24)16-10-11-25-13-16;1-13-6-8-14(9-7-13)12-23-16-5-3-2-4-15(16)18(22-23)21-19(24)17-10-11-20-25-17;1-11-6-8-12(9-7-11)10-18-14-5-3-2-4-13(14)15(16)17-18/h3-12H,13H2,1-2H3,(H,22,23,25);3-10,12H,11H2,1-2H3,(H,21,22,25);3-10,12H,11H2,1-2H3,(H,22,23,25);2-11,13H,12H2,1H3,(H,21,22,24);2-11H,12H2,1H3,(H,21,22,24);2-9H,10H2,1H3,(H2,16,17). The number of hydrogen-bond donors (Lipinski definition) is 6. The predicted octanol–water partition coefficient (Wildman–Crippen LogP) is 23.7. The number of para-hydroxylation sites is 6. The van der Waals surface area contributed by atoms with Crippen LogP contribution in [0.4, 0.5) is 34.9 Å². The number of rotatable bonds is 22. The van der Waals surface area contributed by atoms with Gasteiger partial charge < -0.3 is 50.2 Å². The number of nitrogens with two attached hydrogens (primary N) is 1. The van der Waals surface area contributed by atoms with Gasteiger partial charge in [0.05, 0.1) is 119 Å². The lowest BCUT2D eigenvalue weighted by atomic mass is 10.1. The first-order chi connectivity index (χ1) is 71.0. The number of amides is 5. The zero-order valence-electron chi connectivity index (χ0n) is 81.5. The molecule has 30 nitrogen and oxygen atoms in total. The lowest BCUT2D eigenvalue weighted by Gasteiger charge is -2.04. The zero-order chi connectivity index (χ0) is 101. The average Bonchev–Trinajstić information content (AvgIpc) is 1.67. The van der Waals surface area contributed by atoms with E-state index in [4.69, 9.17) is 23.6 Å². The topological polar surface area (TPSA) is 370 Å². The lowest BCUT2D eigenvalue weighted by molar-refractivity contribution is 0.0983. The minimum Gasteiger partial charge on any atom is -0.472 e. The Morgan fingerprint density at radius 3 is 0.932 bits per heavy atom. The first-order valence-corrected chi connectivity index (χ1v) is 48.0. The second-order valence-electron chi connectivity index (χ2n) is 35.2. The third-order valence-electron chi connectivity index (χ3n) is 24.3. The number of carbonyl (C=O) groups excluding carboxylic acids is 5. The molecule has 0 atom stereocenters. The van der Waals surface area contributed by atoms with Crippen molar-refractivity contribution in [2.24, 2.45) is 0 Å². The van der Waals surface area contributed by atoms with Crippen LogP contribution < -0.4 is 32.3 Å². The molecule has 728 valence electrons. The summed E-state index contributed by atoms with van der Waals surface area (Å²) >= 11 is 1.34.